The van der Waals surface area contributed by atoms with Gasteiger partial charge in [0.1, 0.15) is 5.76 Å². The lowest BCUT2D eigenvalue weighted by atomic mass is 10.1. The van der Waals surface area contributed by atoms with Crippen molar-refractivity contribution < 1.29 is 14.2 Å². The van der Waals surface area contributed by atoms with E-state index in [-0.39, 0.29) is 12.2 Å². The Hall–Kier alpha value is -0.870. The molecule has 2 aliphatic rings. The van der Waals surface area contributed by atoms with Gasteiger partial charge in [-0.25, -0.2) is 0 Å². The third-order valence-corrected chi connectivity index (χ3v) is 3.53. The monoisotopic (exact) mass is 375 g/mol. The quantitative estimate of drug-likeness (QED) is 0.430. The molecular weight excluding hydrogens is 357 g/mol. The highest BCUT2D eigenvalue weighted by Gasteiger charge is 2.50. The molecule has 0 radical (unpaired) electrons. The minimum absolute atomic E-state index is 0.248. The molecular formula is C14H18INO3. The minimum Gasteiger partial charge on any atom is -0.482 e. The van der Waals surface area contributed by atoms with Crippen LogP contribution in [0.4, 0.5) is 0 Å². The van der Waals surface area contributed by atoms with Gasteiger partial charge in [-0.05, 0) is 0 Å². The van der Waals surface area contributed by atoms with E-state index in [0.717, 1.165) is 21.5 Å². The van der Waals surface area contributed by atoms with Crippen LogP contribution in [-0.2, 0) is 14.2 Å². The number of hydrogen-bond donors (Lipinski definition) is 0. The van der Waals surface area contributed by atoms with Crippen molar-refractivity contribution in [1.82, 2.24) is 4.90 Å². The summed E-state index contributed by atoms with van der Waals surface area (Å²) >= 11 is 2.25. The second-order valence-corrected chi connectivity index (χ2v) is 5.96. The zero-order valence-corrected chi connectivity index (χ0v) is 13.7. The standard InChI is InChI=1S/C14H18INO3/c1-6-9(8-16(4)5)11-13-12(10(7-15)17-11)18-14(2,3)19-13/h1,8,11,13H,7H2,2-5H3/b9-8+/t11-,13?/m0/s1. The van der Waals surface area contributed by atoms with Crippen molar-refractivity contribution in [3.05, 3.63) is 23.3 Å². The summed E-state index contributed by atoms with van der Waals surface area (Å²) in [6.07, 6.45) is 6.93. The van der Waals surface area contributed by atoms with E-state index in [1.54, 1.807) is 0 Å². The maximum Gasteiger partial charge on any atom is 0.205 e. The van der Waals surface area contributed by atoms with Crippen molar-refractivity contribution in [3.63, 3.8) is 0 Å². The summed E-state index contributed by atoms with van der Waals surface area (Å²) in [6.45, 7) is 3.79. The molecule has 0 aromatic heterocycles. The molecule has 1 unspecified atom stereocenters. The van der Waals surface area contributed by atoms with E-state index < -0.39 is 5.79 Å². The number of halogens is 1. The van der Waals surface area contributed by atoms with Crippen molar-refractivity contribution in [3.8, 4) is 12.3 Å². The first-order valence-electron chi connectivity index (χ1n) is 6.05. The molecule has 1 saturated heterocycles. The fourth-order valence-electron chi connectivity index (χ4n) is 2.19. The van der Waals surface area contributed by atoms with E-state index in [1.807, 2.05) is 39.0 Å². The van der Waals surface area contributed by atoms with Gasteiger partial charge in [0.2, 0.25) is 5.79 Å². The van der Waals surface area contributed by atoms with Crippen LogP contribution in [0.5, 0.6) is 0 Å². The first-order valence-corrected chi connectivity index (χ1v) is 7.57. The molecule has 0 bridgehead atoms. The molecule has 5 heteroatoms. The van der Waals surface area contributed by atoms with Gasteiger partial charge in [0.25, 0.3) is 0 Å². The Labute approximate surface area is 127 Å². The van der Waals surface area contributed by atoms with Gasteiger partial charge in [0, 0.05) is 34.1 Å². The average molecular weight is 375 g/mol. The Morgan fingerprint density at radius 2 is 2.21 bits per heavy atom. The predicted octanol–water partition coefficient (Wildman–Crippen LogP) is 2.26. The largest absolute Gasteiger partial charge is 0.482 e. The van der Waals surface area contributed by atoms with E-state index in [4.69, 9.17) is 20.6 Å². The highest BCUT2D eigenvalue weighted by Crippen LogP contribution is 2.43. The maximum absolute atomic E-state index is 5.92. The maximum atomic E-state index is 5.92. The first kappa shape index (κ1) is 14.5. The molecule has 19 heavy (non-hydrogen) atoms. The average Bonchev–Trinajstić information content (AvgIpc) is 2.79. The molecule has 4 nitrogen and oxygen atoms in total. The first-order chi connectivity index (χ1) is 8.88. The molecule has 2 rings (SSSR count). The summed E-state index contributed by atoms with van der Waals surface area (Å²) in [5.74, 6) is 3.66. The number of fused-ring (bicyclic) bond motifs is 1. The van der Waals surface area contributed by atoms with Crippen LogP contribution in [-0.4, -0.2) is 41.4 Å². The van der Waals surface area contributed by atoms with Crippen LogP contribution in [0.25, 0.3) is 0 Å². The fourth-order valence-corrected chi connectivity index (χ4v) is 2.74. The van der Waals surface area contributed by atoms with Gasteiger partial charge in [0.15, 0.2) is 18.0 Å². The topological polar surface area (TPSA) is 30.9 Å². The second-order valence-electron chi connectivity index (χ2n) is 5.19. The van der Waals surface area contributed by atoms with Gasteiger partial charge < -0.3 is 19.1 Å². The Morgan fingerprint density at radius 1 is 1.53 bits per heavy atom. The number of terminal acetylenes is 1. The molecule has 2 atom stereocenters. The van der Waals surface area contributed by atoms with Gasteiger partial charge in [-0.3, -0.25) is 0 Å². The summed E-state index contributed by atoms with van der Waals surface area (Å²) in [5, 5.41) is 0. The Bertz CT molecular complexity index is 474. The van der Waals surface area contributed by atoms with Crippen molar-refractivity contribution in [1.29, 1.82) is 0 Å². The highest BCUT2D eigenvalue weighted by atomic mass is 127. The predicted molar refractivity (Wildman–Crippen MR) is 81.4 cm³/mol. The minimum atomic E-state index is -0.628. The lowest BCUT2D eigenvalue weighted by molar-refractivity contribution is -0.151. The molecule has 0 spiro atoms. The van der Waals surface area contributed by atoms with E-state index in [2.05, 4.69) is 28.5 Å². The Kier molecular flexibility index (Phi) is 4.02. The summed E-state index contributed by atoms with van der Waals surface area (Å²) in [5.41, 5.74) is 0.758. The highest BCUT2D eigenvalue weighted by molar-refractivity contribution is 14.1. The molecule has 0 aromatic carbocycles. The number of rotatable bonds is 3. The number of nitrogens with zero attached hydrogens (tertiary/aromatic N) is 1. The SMILES string of the molecule is C#C/C(=C\N(C)C)[C@@H]1OC(CI)=C2OC(C)(C)OC21. The normalized spacial score (nSPS) is 28.5. The molecule has 0 amide bonds. The summed E-state index contributed by atoms with van der Waals surface area (Å²) in [7, 11) is 3.85. The van der Waals surface area contributed by atoms with Crippen molar-refractivity contribution >= 4 is 22.6 Å². The molecule has 1 fully saturated rings. The van der Waals surface area contributed by atoms with Crippen LogP contribution in [0.3, 0.4) is 0 Å². The van der Waals surface area contributed by atoms with E-state index >= 15 is 0 Å². The van der Waals surface area contributed by atoms with Crippen LogP contribution >= 0.6 is 22.6 Å². The van der Waals surface area contributed by atoms with Crippen molar-refractivity contribution in [2.24, 2.45) is 0 Å². The Balaban J connectivity index is 2.31. The fraction of sp³-hybridized carbons (Fsp3) is 0.571. The van der Waals surface area contributed by atoms with Crippen molar-refractivity contribution in [2.75, 3.05) is 18.5 Å². The smallest absolute Gasteiger partial charge is 0.205 e. The molecule has 104 valence electrons. The summed E-state index contributed by atoms with van der Waals surface area (Å²) in [6, 6.07) is 0. The van der Waals surface area contributed by atoms with Gasteiger partial charge in [0.05, 0.1) is 10.0 Å². The second kappa shape index (κ2) is 5.25. The number of hydrogen-bond acceptors (Lipinski definition) is 4. The van der Waals surface area contributed by atoms with Crippen LogP contribution in [0.2, 0.25) is 0 Å². The van der Waals surface area contributed by atoms with Gasteiger partial charge in [-0.1, -0.05) is 28.5 Å². The van der Waals surface area contributed by atoms with Gasteiger partial charge in [-0.15, -0.1) is 6.42 Å². The molecule has 0 N–H and O–H groups in total. The third kappa shape index (κ3) is 2.84. The zero-order chi connectivity index (χ0) is 14.2. The van der Waals surface area contributed by atoms with Crippen LogP contribution < -0.4 is 0 Å². The van der Waals surface area contributed by atoms with Crippen LogP contribution in [0, 0.1) is 12.3 Å². The molecule has 2 heterocycles. The lowest BCUT2D eigenvalue weighted by Crippen LogP contribution is -2.31. The molecule has 0 aromatic rings. The summed E-state index contributed by atoms with van der Waals surface area (Å²) < 4.78 is 18.4. The molecule has 0 saturated carbocycles. The third-order valence-electron chi connectivity index (χ3n) is 2.84. The van der Waals surface area contributed by atoms with E-state index in [0.29, 0.717) is 0 Å². The number of alkyl halides is 1. The lowest BCUT2D eigenvalue weighted by Gasteiger charge is -2.22. The van der Waals surface area contributed by atoms with Crippen LogP contribution in [0.1, 0.15) is 13.8 Å². The number of allylic oxidation sites excluding steroid dienone is 1. The Morgan fingerprint density at radius 3 is 2.74 bits per heavy atom. The van der Waals surface area contributed by atoms with Gasteiger partial charge >= 0.3 is 0 Å². The zero-order valence-electron chi connectivity index (χ0n) is 11.6. The van der Waals surface area contributed by atoms with Crippen molar-refractivity contribution in [2.45, 2.75) is 31.8 Å². The van der Waals surface area contributed by atoms with Crippen LogP contribution in [0.15, 0.2) is 23.3 Å². The number of ether oxygens (including phenoxy) is 3. The van der Waals surface area contributed by atoms with E-state index in [9.17, 15) is 0 Å². The van der Waals surface area contributed by atoms with Gasteiger partial charge in [-0.2, -0.15) is 0 Å². The summed E-state index contributed by atoms with van der Waals surface area (Å²) in [4.78, 5) is 1.90. The molecule has 0 aliphatic carbocycles. The molecule has 2 aliphatic heterocycles. The van der Waals surface area contributed by atoms with E-state index in [1.165, 1.54) is 0 Å².